The zero-order valence-corrected chi connectivity index (χ0v) is 18.0. The zero-order valence-electron chi connectivity index (χ0n) is 17.0. The summed E-state index contributed by atoms with van der Waals surface area (Å²) in [6.07, 6.45) is 11.4. The fraction of sp³-hybridized carbons (Fsp3) is 0.947. The van der Waals surface area contributed by atoms with E-state index < -0.39 is 8.80 Å². The van der Waals surface area contributed by atoms with Crippen molar-refractivity contribution >= 4 is 14.5 Å². The molecule has 0 aliphatic carbocycles. The van der Waals surface area contributed by atoms with Crippen LogP contribution in [0.2, 0.25) is 6.04 Å². The molecule has 24 heavy (non-hydrogen) atoms. The van der Waals surface area contributed by atoms with Crippen LogP contribution in [0.4, 0.5) is 0 Å². The topological polar surface area (TPSA) is 40.0 Å². The number of nitrogens with zero attached hydrogens (tertiary/aromatic N) is 1. The number of unbranched alkanes of at least 4 members (excludes halogenated alkanes) is 7. The molecule has 0 N–H and O–H groups in total. The first-order chi connectivity index (χ1) is 11.5. The highest BCUT2D eigenvalue weighted by atomic mass is 28.4. The highest BCUT2D eigenvalue weighted by molar-refractivity contribution is 6.60. The molecule has 0 aliphatic rings. The van der Waals surface area contributed by atoms with Crippen LogP contribution in [0, 0.1) is 5.92 Å². The second-order valence-electron chi connectivity index (χ2n) is 7.09. The summed E-state index contributed by atoms with van der Waals surface area (Å²) >= 11 is 0. The lowest BCUT2D eigenvalue weighted by molar-refractivity contribution is 0.122. The molecule has 0 atom stereocenters. The molecule has 0 unspecified atom stereocenters. The average Bonchev–Trinajstić information content (AvgIpc) is 2.56. The van der Waals surface area contributed by atoms with Gasteiger partial charge in [-0.3, -0.25) is 4.99 Å². The molecule has 5 heteroatoms. The maximum Gasteiger partial charge on any atom is 0.500 e. The van der Waals surface area contributed by atoms with Crippen LogP contribution in [0.3, 0.4) is 0 Å². The molecule has 0 aromatic rings. The molecule has 0 saturated carbocycles. The third-order valence-electron chi connectivity index (χ3n) is 4.41. The van der Waals surface area contributed by atoms with Crippen LogP contribution in [0.5, 0.6) is 0 Å². The molecule has 0 rings (SSSR count). The van der Waals surface area contributed by atoms with Gasteiger partial charge < -0.3 is 13.3 Å². The molecule has 0 spiro atoms. The molecular weight excluding hydrogens is 318 g/mol. The van der Waals surface area contributed by atoms with Crippen molar-refractivity contribution in [3.8, 4) is 0 Å². The molecule has 0 amide bonds. The first-order valence-electron chi connectivity index (χ1n) is 9.65. The van der Waals surface area contributed by atoms with Gasteiger partial charge in [0, 0.05) is 39.6 Å². The van der Waals surface area contributed by atoms with Crippen molar-refractivity contribution in [3.05, 3.63) is 0 Å². The molecule has 0 bridgehead atoms. The summed E-state index contributed by atoms with van der Waals surface area (Å²) in [5, 5.41) is 0. The Bertz CT molecular complexity index is 309. The predicted octanol–water partition coefficient (Wildman–Crippen LogP) is 5.49. The smallest absolute Gasteiger partial charge is 0.377 e. The second kappa shape index (κ2) is 15.1. The molecule has 0 radical (unpaired) electrons. The number of hydrogen-bond acceptors (Lipinski definition) is 4. The Hall–Kier alpha value is -0.233. The van der Waals surface area contributed by atoms with Crippen molar-refractivity contribution < 1.29 is 13.3 Å². The molecular formula is C19H41NO3Si. The first kappa shape index (κ1) is 23.8. The number of rotatable bonds is 16. The van der Waals surface area contributed by atoms with Gasteiger partial charge >= 0.3 is 8.80 Å². The summed E-state index contributed by atoms with van der Waals surface area (Å²) in [5.41, 5.74) is 1.31. The van der Waals surface area contributed by atoms with Gasteiger partial charge in [0.25, 0.3) is 0 Å². The van der Waals surface area contributed by atoms with Gasteiger partial charge in [-0.05, 0) is 32.1 Å². The van der Waals surface area contributed by atoms with E-state index in [1.54, 1.807) is 21.3 Å². The molecule has 4 nitrogen and oxygen atoms in total. The van der Waals surface area contributed by atoms with Gasteiger partial charge in [0.1, 0.15) is 0 Å². The van der Waals surface area contributed by atoms with Gasteiger partial charge in [-0.2, -0.15) is 0 Å². The van der Waals surface area contributed by atoms with E-state index in [2.05, 4.69) is 25.8 Å². The second-order valence-corrected chi connectivity index (χ2v) is 10.2. The lowest BCUT2D eigenvalue weighted by Gasteiger charge is -2.24. The SMILES string of the molecule is CO[Si](CCCCCCCCCC/N=C(/C)CC(C)C)(OC)OC. The van der Waals surface area contributed by atoms with Crippen LogP contribution in [0.1, 0.15) is 78.6 Å². The lowest BCUT2D eigenvalue weighted by atomic mass is 10.1. The van der Waals surface area contributed by atoms with E-state index >= 15 is 0 Å². The molecule has 144 valence electrons. The lowest BCUT2D eigenvalue weighted by Crippen LogP contribution is -2.42. The van der Waals surface area contributed by atoms with E-state index in [0.29, 0.717) is 0 Å². The summed E-state index contributed by atoms with van der Waals surface area (Å²) in [7, 11) is 2.72. The van der Waals surface area contributed by atoms with Crippen LogP contribution in [0.25, 0.3) is 0 Å². The van der Waals surface area contributed by atoms with Crippen LogP contribution in [-0.2, 0) is 13.3 Å². The van der Waals surface area contributed by atoms with Crippen molar-refractivity contribution in [2.45, 2.75) is 84.6 Å². The summed E-state index contributed by atoms with van der Waals surface area (Å²) < 4.78 is 16.3. The summed E-state index contributed by atoms with van der Waals surface area (Å²) in [6.45, 7) is 7.67. The molecule has 0 heterocycles. The molecule has 0 aromatic heterocycles. The normalized spacial score (nSPS) is 13.0. The maximum atomic E-state index is 5.44. The van der Waals surface area contributed by atoms with Crippen molar-refractivity contribution in [2.24, 2.45) is 10.9 Å². The van der Waals surface area contributed by atoms with Crippen molar-refractivity contribution in [1.29, 1.82) is 0 Å². The van der Waals surface area contributed by atoms with E-state index in [0.717, 1.165) is 31.3 Å². The largest absolute Gasteiger partial charge is 0.500 e. The molecule has 0 saturated heterocycles. The Morgan fingerprint density at radius 1 is 0.792 bits per heavy atom. The van der Waals surface area contributed by atoms with Gasteiger partial charge in [-0.1, -0.05) is 52.4 Å². The van der Waals surface area contributed by atoms with Crippen LogP contribution in [0.15, 0.2) is 4.99 Å². The highest BCUT2D eigenvalue weighted by Gasteiger charge is 2.36. The zero-order chi connectivity index (χ0) is 18.3. The summed E-state index contributed by atoms with van der Waals surface area (Å²) in [4.78, 5) is 4.65. The summed E-state index contributed by atoms with van der Waals surface area (Å²) in [6, 6.07) is 0.921. The first-order valence-corrected chi connectivity index (χ1v) is 11.6. The van der Waals surface area contributed by atoms with Crippen molar-refractivity contribution in [1.82, 2.24) is 0 Å². The van der Waals surface area contributed by atoms with E-state index in [-0.39, 0.29) is 0 Å². The quantitative estimate of drug-likeness (QED) is 0.208. The van der Waals surface area contributed by atoms with Crippen LogP contribution in [-0.4, -0.2) is 42.4 Å². The minimum atomic E-state index is -2.34. The van der Waals surface area contributed by atoms with Gasteiger partial charge in [0.2, 0.25) is 0 Å². The monoisotopic (exact) mass is 359 g/mol. The third-order valence-corrected chi connectivity index (χ3v) is 7.24. The highest BCUT2D eigenvalue weighted by Crippen LogP contribution is 2.18. The Morgan fingerprint density at radius 2 is 1.25 bits per heavy atom. The number of aliphatic imine (C=N–C) groups is 1. The van der Waals surface area contributed by atoms with Crippen LogP contribution < -0.4 is 0 Å². The molecule has 0 fully saturated rings. The van der Waals surface area contributed by atoms with Crippen molar-refractivity contribution in [2.75, 3.05) is 27.9 Å². The van der Waals surface area contributed by atoms with Gasteiger partial charge in [-0.25, -0.2) is 0 Å². The minimum Gasteiger partial charge on any atom is -0.377 e. The third kappa shape index (κ3) is 12.2. The van der Waals surface area contributed by atoms with Gasteiger partial charge in [0.15, 0.2) is 0 Å². The summed E-state index contributed by atoms with van der Waals surface area (Å²) in [5.74, 6) is 0.721. The maximum absolute atomic E-state index is 5.44. The fourth-order valence-electron chi connectivity index (χ4n) is 3.00. The van der Waals surface area contributed by atoms with Gasteiger partial charge in [-0.15, -0.1) is 0 Å². The van der Waals surface area contributed by atoms with Gasteiger partial charge in [0.05, 0.1) is 0 Å². The molecule has 0 aliphatic heterocycles. The number of hydrogen-bond donors (Lipinski definition) is 0. The van der Waals surface area contributed by atoms with Crippen molar-refractivity contribution in [3.63, 3.8) is 0 Å². The molecule has 0 aromatic carbocycles. The van der Waals surface area contributed by atoms with E-state index in [1.807, 2.05) is 0 Å². The Morgan fingerprint density at radius 3 is 1.71 bits per heavy atom. The predicted molar refractivity (Wildman–Crippen MR) is 106 cm³/mol. The fourth-order valence-corrected chi connectivity index (χ4v) is 4.79. The van der Waals surface area contributed by atoms with E-state index in [4.69, 9.17) is 13.3 Å². The van der Waals surface area contributed by atoms with Crippen LogP contribution >= 0.6 is 0 Å². The Balaban J connectivity index is 3.46. The standard InChI is InChI=1S/C19H41NO3Si/c1-18(2)17-19(3)20-15-13-11-9-7-8-10-12-14-16-24(21-4,22-5)23-6/h18H,7-17H2,1-6H3/b20-19-. The minimum absolute atomic E-state index is 0.721. The Kier molecular flexibility index (Phi) is 14.9. The average molecular weight is 360 g/mol. The Labute approximate surface area is 151 Å². The van der Waals surface area contributed by atoms with E-state index in [9.17, 15) is 0 Å². The van der Waals surface area contributed by atoms with E-state index in [1.165, 1.54) is 50.7 Å².